The molecule has 2 aromatic rings. The zero-order chi connectivity index (χ0) is 13.1. The van der Waals surface area contributed by atoms with Crippen LogP contribution in [0, 0.1) is 13.8 Å². The summed E-state index contributed by atoms with van der Waals surface area (Å²) >= 11 is 0. The molecule has 18 heavy (non-hydrogen) atoms. The molecule has 2 rings (SSSR count). The molecule has 0 aliphatic rings. The summed E-state index contributed by atoms with van der Waals surface area (Å²) in [4.78, 5) is 11.8. The van der Waals surface area contributed by atoms with Crippen LogP contribution in [0.3, 0.4) is 0 Å². The van der Waals surface area contributed by atoms with Gasteiger partial charge in [-0.1, -0.05) is 0 Å². The molecule has 0 spiro atoms. The second-order valence-electron chi connectivity index (χ2n) is 4.49. The highest BCUT2D eigenvalue weighted by Crippen LogP contribution is 2.13. The van der Waals surface area contributed by atoms with Crippen molar-refractivity contribution in [3.63, 3.8) is 0 Å². The number of nitrogens with one attached hydrogen (secondary N) is 1. The summed E-state index contributed by atoms with van der Waals surface area (Å²) in [6.45, 7) is 4.51. The van der Waals surface area contributed by atoms with E-state index in [1.807, 2.05) is 33.0 Å². The molecule has 0 bridgehead atoms. The molecule has 4 heteroatoms. The lowest BCUT2D eigenvalue weighted by atomic mass is 10.1. The standard InChI is InChI=1S/C14H18N2O2/c1-10-7-12(11(2)16(10)3)8-14(17)15-9-13-5-4-6-18-13/h4-7H,8-9H2,1-3H3,(H,15,17). The Morgan fingerprint density at radius 2 is 2.22 bits per heavy atom. The number of carbonyl (C=O) groups is 1. The van der Waals surface area contributed by atoms with E-state index < -0.39 is 0 Å². The number of furan rings is 1. The summed E-state index contributed by atoms with van der Waals surface area (Å²) in [5.41, 5.74) is 3.38. The van der Waals surface area contributed by atoms with E-state index in [0.29, 0.717) is 13.0 Å². The molecule has 0 aromatic carbocycles. The van der Waals surface area contributed by atoms with Gasteiger partial charge in [-0.25, -0.2) is 0 Å². The van der Waals surface area contributed by atoms with Crippen molar-refractivity contribution in [1.82, 2.24) is 9.88 Å². The van der Waals surface area contributed by atoms with E-state index >= 15 is 0 Å². The number of aryl methyl sites for hydroxylation is 1. The number of hydrogen-bond acceptors (Lipinski definition) is 2. The first-order valence-corrected chi connectivity index (χ1v) is 5.99. The Labute approximate surface area is 107 Å². The van der Waals surface area contributed by atoms with Crippen molar-refractivity contribution in [2.24, 2.45) is 7.05 Å². The van der Waals surface area contributed by atoms with Crippen molar-refractivity contribution in [3.8, 4) is 0 Å². The van der Waals surface area contributed by atoms with Gasteiger partial charge in [0.15, 0.2) is 0 Å². The third kappa shape index (κ3) is 2.64. The largest absolute Gasteiger partial charge is 0.467 e. The van der Waals surface area contributed by atoms with Gasteiger partial charge in [0.05, 0.1) is 19.2 Å². The smallest absolute Gasteiger partial charge is 0.224 e. The third-order valence-electron chi connectivity index (χ3n) is 3.27. The minimum absolute atomic E-state index is 0.0140. The van der Waals surface area contributed by atoms with Crippen LogP contribution in [0.4, 0.5) is 0 Å². The van der Waals surface area contributed by atoms with E-state index in [4.69, 9.17) is 4.42 Å². The molecule has 0 atom stereocenters. The van der Waals surface area contributed by atoms with Crippen molar-refractivity contribution >= 4 is 5.91 Å². The van der Waals surface area contributed by atoms with Crippen molar-refractivity contribution in [2.75, 3.05) is 0 Å². The molecule has 1 amide bonds. The Hall–Kier alpha value is -1.97. The predicted molar refractivity (Wildman–Crippen MR) is 69.1 cm³/mol. The number of rotatable bonds is 4. The van der Waals surface area contributed by atoms with E-state index in [1.165, 1.54) is 5.69 Å². The van der Waals surface area contributed by atoms with Crippen LogP contribution in [0.5, 0.6) is 0 Å². The Kier molecular flexibility index (Phi) is 3.55. The van der Waals surface area contributed by atoms with Crippen LogP contribution in [0.25, 0.3) is 0 Å². The molecular formula is C14H18N2O2. The van der Waals surface area contributed by atoms with Crippen LogP contribution >= 0.6 is 0 Å². The van der Waals surface area contributed by atoms with E-state index in [2.05, 4.69) is 16.0 Å². The molecular weight excluding hydrogens is 228 g/mol. The van der Waals surface area contributed by atoms with Crippen molar-refractivity contribution in [3.05, 3.63) is 47.2 Å². The fourth-order valence-corrected chi connectivity index (χ4v) is 1.95. The second-order valence-corrected chi connectivity index (χ2v) is 4.49. The summed E-state index contributed by atoms with van der Waals surface area (Å²) in [6, 6.07) is 5.71. The van der Waals surface area contributed by atoms with Crippen molar-refractivity contribution in [1.29, 1.82) is 0 Å². The van der Waals surface area contributed by atoms with E-state index in [0.717, 1.165) is 17.0 Å². The minimum Gasteiger partial charge on any atom is -0.467 e. The Morgan fingerprint density at radius 1 is 1.44 bits per heavy atom. The quantitative estimate of drug-likeness (QED) is 0.898. The predicted octanol–water partition coefficient (Wildman–Crippen LogP) is 2.09. The second kappa shape index (κ2) is 5.12. The van der Waals surface area contributed by atoms with E-state index in [-0.39, 0.29) is 5.91 Å². The Balaban J connectivity index is 1.93. The molecule has 0 radical (unpaired) electrons. The van der Waals surface area contributed by atoms with Gasteiger partial charge < -0.3 is 14.3 Å². The number of amides is 1. The van der Waals surface area contributed by atoms with Gasteiger partial charge in [-0.3, -0.25) is 4.79 Å². The first-order valence-electron chi connectivity index (χ1n) is 5.99. The van der Waals surface area contributed by atoms with Gasteiger partial charge in [0.1, 0.15) is 5.76 Å². The Bertz CT molecular complexity index is 538. The van der Waals surface area contributed by atoms with Gasteiger partial charge in [0, 0.05) is 18.4 Å². The lowest BCUT2D eigenvalue weighted by molar-refractivity contribution is -0.120. The number of hydrogen-bond donors (Lipinski definition) is 1. The van der Waals surface area contributed by atoms with Crippen molar-refractivity contribution < 1.29 is 9.21 Å². The molecule has 4 nitrogen and oxygen atoms in total. The fraction of sp³-hybridized carbons (Fsp3) is 0.357. The summed E-state index contributed by atoms with van der Waals surface area (Å²) in [7, 11) is 2.01. The summed E-state index contributed by atoms with van der Waals surface area (Å²) in [5.74, 6) is 0.782. The number of carbonyl (C=O) groups excluding carboxylic acids is 1. The summed E-state index contributed by atoms with van der Waals surface area (Å²) in [5, 5.41) is 2.85. The molecule has 0 aliphatic carbocycles. The van der Waals surface area contributed by atoms with Gasteiger partial charge in [-0.05, 0) is 37.6 Å². The average Bonchev–Trinajstić information content (AvgIpc) is 2.93. The fourth-order valence-electron chi connectivity index (χ4n) is 1.95. The van der Waals surface area contributed by atoms with Crippen LogP contribution in [0.15, 0.2) is 28.9 Å². The number of nitrogens with zero attached hydrogens (tertiary/aromatic N) is 1. The molecule has 96 valence electrons. The first-order chi connectivity index (χ1) is 8.58. The van der Waals surface area contributed by atoms with E-state index in [9.17, 15) is 4.79 Å². The molecule has 2 aromatic heterocycles. The monoisotopic (exact) mass is 246 g/mol. The van der Waals surface area contributed by atoms with Gasteiger partial charge in [-0.2, -0.15) is 0 Å². The normalized spacial score (nSPS) is 10.6. The molecule has 0 unspecified atom stereocenters. The lowest BCUT2D eigenvalue weighted by Crippen LogP contribution is -2.24. The zero-order valence-corrected chi connectivity index (χ0v) is 11.0. The maximum Gasteiger partial charge on any atom is 0.224 e. The SMILES string of the molecule is Cc1cc(CC(=O)NCc2ccco2)c(C)n1C. The molecule has 1 N–H and O–H groups in total. The van der Waals surface area contributed by atoms with Crippen LogP contribution in [0.1, 0.15) is 22.7 Å². The lowest BCUT2D eigenvalue weighted by Gasteiger charge is -2.04. The van der Waals surface area contributed by atoms with Gasteiger partial charge in [0.25, 0.3) is 0 Å². The third-order valence-corrected chi connectivity index (χ3v) is 3.27. The summed E-state index contributed by atoms with van der Waals surface area (Å²) in [6.07, 6.45) is 2.01. The highest BCUT2D eigenvalue weighted by atomic mass is 16.3. The first kappa shape index (κ1) is 12.5. The van der Waals surface area contributed by atoms with E-state index in [1.54, 1.807) is 6.26 Å². The van der Waals surface area contributed by atoms with Crippen LogP contribution in [-0.4, -0.2) is 10.5 Å². The molecule has 0 saturated heterocycles. The maximum absolute atomic E-state index is 11.8. The van der Waals surface area contributed by atoms with Crippen LogP contribution < -0.4 is 5.32 Å². The van der Waals surface area contributed by atoms with Gasteiger partial charge in [-0.15, -0.1) is 0 Å². The summed E-state index contributed by atoms with van der Waals surface area (Å²) < 4.78 is 7.25. The van der Waals surface area contributed by atoms with Crippen LogP contribution in [0.2, 0.25) is 0 Å². The highest BCUT2D eigenvalue weighted by Gasteiger charge is 2.10. The van der Waals surface area contributed by atoms with Crippen LogP contribution in [-0.2, 0) is 24.8 Å². The highest BCUT2D eigenvalue weighted by molar-refractivity contribution is 5.78. The minimum atomic E-state index is 0.0140. The molecule has 0 saturated carbocycles. The van der Waals surface area contributed by atoms with Gasteiger partial charge >= 0.3 is 0 Å². The Morgan fingerprint density at radius 3 is 2.78 bits per heavy atom. The number of aromatic nitrogens is 1. The zero-order valence-electron chi connectivity index (χ0n) is 11.0. The van der Waals surface area contributed by atoms with Gasteiger partial charge in [0.2, 0.25) is 5.91 Å². The molecule has 0 aliphatic heterocycles. The van der Waals surface area contributed by atoms with Crippen molar-refractivity contribution in [2.45, 2.75) is 26.8 Å². The molecule has 2 heterocycles. The maximum atomic E-state index is 11.8. The topological polar surface area (TPSA) is 47.2 Å². The average molecular weight is 246 g/mol. The molecule has 0 fully saturated rings.